The first-order valence-corrected chi connectivity index (χ1v) is 5.75. The molecule has 1 heterocycles. The van der Waals surface area contributed by atoms with Gasteiger partial charge in [0.1, 0.15) is 5.82 Å². The largest absolute Gasteiger partial charge is 0.478 e. The monoisotopic (exact) mass is 292 g/mol. The molecule has 108 valence electrons. The zero-order valence-corrected chi connectivity index (χ0v) is 10.5. The molecule has 0 saturated heterocycles. The smallest absolute Gasteiger partial charge is 0.337 e. The summed E-state index contributed by atoms with van der Waals surface area (Å²) in [5, 5.41) is 19.8. The van der Waals surface area contributed by atoms with Gasteiger partial charge in [0.15, 0.2) is 0 Å². The number of benzene rings is 1. The highest BCUT2D eigenvalue weighted by molar-refractivity contribution is 5.87. The van der Waals surface area contributed by atoms with Crippen LogP contribution in [0.5, 0.6) is 0 Å². The summed E-state index contributed by atoms with van der Waals surface area (Å²) < 4.78 is 14.2. The zero-order chi connectivity index (χ0) is 15.6. The quantitative estimate of drug-likeness (QED) is 0.681. The van der Waals surface area contributed by atoms with Crippen molar-refractivity contribution in [2.24, 2.45) is 0 Å². The molecule has 0 amide bonds. The molecule has 0 unspecified atom stereocenters. The minimum Gasteiger partial charge on any atom is -0.478 e. The fourth-order valence-corrected chi connectivity index (χ4v) is 1.82. The second-order valence-electron chi connectivity index (χ2n) is 4.22. The van der Waals surface area contributed by atoms with Crippen LogP contribution in [0.15, 0.2) is 41.3 Å². The Morgan fingerprint density at radius 1 is 1.33 bits per heavy atom. The lowest BCUT2D eigenvalue weighted by molar-refractivity contribution is -0.385. The average molecular weight is 292 g/mol. The topological polar surface area (TPSA) is 102 Å². The maximum absolute atomic E-state index is 13.2. The maximum atomic E-state index is 13.2. The molecule has 0 aliphatic rings. The third kappa shape index (κ3) is 3.11. The van der Waals surface area contributed by atoms with Crippen LogP contribution < -0.4 is 5.56 Å². The van der Waals surface area contributed by atoms with Crippen molar-refractivity contribution in [2.75, 3.05) is 0 Å². The third-order valence-electron chi connectivity index (χ3n) is 2.81. The van der Waals surface area contributed by atoms with E-state index < -0.39 is 22.3 Å². The molecule has 0 atom stereocenters. The number of nitro benzene ring substituents is 1. The van der Waals surface area contributed by atoms with E-state index in [9.17, 15) is 24.1 Å². The normalized spacial score (nSPS) is 10.3. The molecule has 1 N–H and O–H groups in total. The highest BCUT2D eigenvalue weighted by Gasteiger charge is 2.16. The van der Waals surface area contributed by atoms with E-state index in [1.807, 2.05) is 0 Å². The molecule has 2 rings (SSSR count). The predicted molar refractivity (Wildman–Crippen MR) is 69.8 cm³/mol. The Kier molecular flexibility index (Phi) is 3.79. The molecule has 0 aliphatic heterocycles. The van der Waals surface area contributed by atoms with Crippen LogP contribution in [-0.4, -0.2) is 20.6 Å². The van der Waals surface area contributed by atoms with Crippen molar-refractivity contribution in [3.8, 4) is 0 Å². The van der Waals surface area contributed by atoms with Gasteiger partial charge in [0.05, 0.1) is 22.6 Å². The SMILES string of the molecule is O=C(O)c1ccc(=O)n(Cc2cc(F)ccc2[N+](=O)[O-])c1. The number of carbonyl (C=O) groups is 1. The zero-order valence-electron chi connectivity index (χ0n) is 10.5. The minimum absolute atomic E-state index is 0.0235. The lowest BCUT2D eigenvalue weighted by Gasteiger charge is -2.07. The third-order valence-corrected chi connectivity index (χ3v) is 2.81. The summed E-state index contributed by atoms with van der Waals surface area (Å²) in [6.45, 7) is -0.298. The number of nitro groups is 1. The standard InChI is InChI=1S/C13H9FN2O5/c14-10-2-3-11(16(20)21)9(5-10)7-15-6-8(13(18)19)1-4-12(15)17/h1-6H,7H2,(H,18,19). The number of carboxylic acids is 1. The summed E-state index contributed by atoms with van der Waals surface area (Å²) in [4.78, 5) is 32.7. The molecule has 0 aliphatic carbocycles. The average Bonchev–Trinajstić information content (AvgIpc) is 2.40. The molecule has 7 nitrogen and oxygen atoms in total. The summed E-state index contributed by atoms with van der Waals surface area (Å²) in [5.74, 6) is -1.92. The molecule has 2 aromatic rings. The Bertz CT molecular complexity index is 784. The second kappa shape index (κ2) is 5.53. The van der Waals surface area contributed by atoms with Crippen LogP contribution in [0.4, 0.5) is 10.1 Å². The minimum atomic E-state index is -1.24. The number of rotatable bonds is 4. The number of aromatic carboxylic acids is 1. The van der Waals surface area contributed by atoms with Crippen LogP contribution in [0.25, 0.3) is 0 Å². The molecule has 0 bridgehead atoms. The summed E-state index contributed by atoms with van der Waals surface area (Å²) in [5.41, 5.74) is -1.05. The highest BCUT2D eigenvalue weighted by atomic mass is 19.1. The van der Waals surface area contributed by atoms with Gasteiger partial charge in [-0.15, -0.1) is 0 Å². The van der Waals surface area contributed by atoms with Gasteiger partial charge in [-0.25, -0.2) is 9.18 Å². The van der Waals surface area contributed by atoms with Crippen molar-refractivity contribution in [3.05, 3.63) is 73.9 Å². The number of hydrogen-bond acceptors (Lipinski definition) is 4. The maximum Gasteiger partial charge on any atom is 0.337 e. The molecule has 1 aromatic carbocycles. The fourth-order valence-electron chi connectivity index (χ4n) is 1.82. The Labute approximate surface area is 117 Å². The predicted octanol–water partition coefficient (Wildman–Crippen LogP) is 1.64. The van der Waals surface area contributed by atoms with Gasteiger partial charge in [-0.05, 0) is 18.2 Å². The molecule has 0 fully saturated rings. The molecule has 0 radical (unpaired) electrons. The number of hydrogen-bond donors (Lipinski definition) is 1. The van der Waals surface area contributed by atoms with E-state index in [1.54, 1.807) is 0 Å². The fraction of sp³-hybridized carbons (Fsp3) is 0.0769. The molecule has 0 saturated carbocycles. The van der Waals surface area contributed by atoms with Crippen LogP contribution >= 0.6 is 0 Å². The first-order chi connectivity index (χ1) is 9.88. The van der Waals surface area contributed by atoms with Gasteiger partial charge >= 0.3 is 5.97 Å². The van der Waals surface area contributed by atoms with E-state index in [0.717, 1.165) is 41.1 Å². The number of halogens is 1. The van der Waals surface area contributed by atoms with E-state index in [0.29, 0.717) is 0 Å². The van der Waals surface area contributed by atoms with Gasteiger partial charge in [-0.2, -0.15) is 0 Å². The van der Waals surface area contributed by atoms with Crippen LogP contribution in [-0.2, 0) is 6.54 Å². The highest BCUT2D eigenvalue weighted by Crippen LogP contribution is 2.20. The van der Waals surface area contributed by atoms with Crippen molar-refractivity contribution in [3.63, 3.8) is 0 Å². The van der Waals surface area contributed by atoms with E-state index in [1.165, 1.54) is 0 Å². The summed E-state index contributed by atoms with van der Waals surface area (Å²) in [6.07, 6.45) is 1.05. The molecule has 0 spiro atoms. The van der Waals surface area contributed by atoms with Crippen LogP contribution in [0.3, 0.4) is 0 Å². The number of aromatic nitrogens is 1. The summed E-state index contributed by atoms with van der Waals surface area (Å²) >= 11 is 0. The van der Waals surface area contributed by atoms with Gasteiger partial charge < -0.3 is 9.67 Å². The van der Waals surface area contributed by atoms with Crippen molar-refractivity contribution >= 4 is 11.7 Å². The number of nitrogens with zero attached hydrogens (tertiary/aromatic N) is 2. The lowest BCUT2D eigenvalue weighted by atomic mass is 10.1. The van der Waals surface area contributed by atoms with Crippen molar-refractivity contribution < 1.29 is 19.2 Å². The molecular weight excluding hydrogens is 283 g/mol. The van der Waals surface area contributed by atoms with E-state index in [-0.39, 0.29) is 23.4 Å². The summed E-state index contributed by atoms with van der Waals surface area (Å²) in [6, 6.07) is 5.04. The second-order valence-corrected chi connectivity index (χ2v) is 4.22. The van der Waals surface area contributed by atoms with Crippen LogP contribution in [0, 0.1) is 15.9 Å². The van der Waals surface area contributed by atoms with E-state index in [2.05, 4.69) is 0 Å². The van der Waals surface area contributed by atoms with Gasteiger partial charge in [0.25, 0.3) is 11.2 Å². The number of carboxylic acid groups (broad SMARTS) is 1. The first kappa shape index (κ1) is 14.4. The molecule has 8 heteroatoms. The Morgan fingerprint density at radius 2 is 2.05 bits per heavy atom. The number of pyridine rings is 1. The van der Waals surface area contributed by atoms with Gasteiger partial charge in [0, 0.05) is 18.3 Å². The molecular formula is C13H9FN2O5. The van der Waals surface area contributed by atoms with E-state index >= 15 is 0 Å². The van der Waals surface area contributed by atoms with Gasteiger partial charge in [-0.1, -0.05) is 0 Å². The Hall–Kier alpha value is -3.03. The molecule has 21 heavy (non-hydrogen) atoms. The van der Waals surface area contributed by atoms with Gasteiger partial charge in [0.2, 0.25) is 0 Å². The van der Waals surface area contributed by atoms with E-state index in [4.69, 9.17) is 5.11 Å². The Morgan fingerprint density at radius 3 is 2.67 bits per heavy atom. The van der Waals surface area contributed by atoms with Crippen LogP contribution in [0.2, 0.25) is 0 Å². The molecule has 1 aromatic heterocycles. The van der Waals surface area contributed by atoms with Crippen molar-refractivity contribution in [1.82, 2.24) is 4.57 Å². The van der Waals surface area contributed by atoms with Gasteiger partial charge in [-0.3, -0.25) is 14.9 Å². The first-order valence-electron chi connectivity index (χ1n) is 5.75. The Balaban J connectivity index is 2.49. The van der Waals surface area contributed by atoms with Crippen molar-refractivity contribution in [2.45, 2.75) is 6.54 Å². The van der Waals surface area contributed by atoms with Crippen molar-refractivity contribution in [1.29, 1.82) is 0 Å². The van der Waals surface area contributed by atoms with Crippen LogP contribution in [0.1, 0.15) is 15.9 Å². The lowest BCUT2D eigenvalue weighted by Crippen LogP contribution is -2.21. The summed E-state index contributed by atoms with van der Waals surface area (Å²) in [7, 11) is 0.